The van der Waals surface area contributed by atoms with Crippen molar-refractivity contribution >= 4 is 55.7 Å². The summed E-state index contributed by atoms with van der Waals surface area (Å²) in [5.74, 6) is -0.105. The molecule has 41 heavy (non-hydrogen) atoms. The van der Waals surface area contributed by atoms with Gasteiger partial charge in [-0.3, -0.25) is 23.9 Å². The summed E-state index contributed by atoms with van der Waals surface area (Å²) in [6, 6.07) is 11.6. The zero-order valence-corrected chi connectivity index (χ0v) is 24.9. The molecule has 0 radical (unpaired) electrons. The number of nitrogens with zero attached hydrogens (tertiary/aromatic N) is 3. The predicted molar refractivity (Wildman–Crippen MR) is 164 cm³/mol. The van der Waals surface area contributed by atoms with Gasteiger partial charge in [-0.05, 0) is 55.1 Å². The van der Waals surface area contributed by atoms with Crippen molar-refractivity contribution in [2.75, 3.05) is 30.3 Å². The average molecular weight is 598 g/mol. The third kappa shape index (κ3) is 7.03. The summed E-state index contributed by atoms with van der Waals surface area (Å²) in [7, 11) is -4.11. The molecule has 218 valence electrons. The van der Waals surface area contributed by atoms with Crippen LogP contribution in [0.1, 0.15) is 46.0 Å². The van der Waals surface area contributed by atoms with E-state index in [1.54, 1.807) is 18.2 Å². The number of ether oxygens (including phenoxy) is 1. The number of carbonyl (C=O) groups excluding carboxylic acids is 2. The quantitative estimate of drug-likeness (QED) is 0.154. The van der Waals surface area contributed by atoms with Gasteiger partial charge in [0.15, 0.2) is 10.9 Å². The molecule has 1 saturated heterocycles. The van der Waals surface area contributed by atoms with Crippen molar-refractivity contribution in [2.45, 2.75) is 46.0 Å². The number of allylic oxidation sites excluding steroid dienone is 4. The number of benzene rings is 2. The smallest absolute Gasteiger partial charge is 0.265 e. The van der Waals surface area contributed by atoms with Gasteiger partial charge >= 0.3 is 0 Å². The van der Waals surface area contributed by atoms with Crippen molar-refractivity contribution in [3.63, 3.8) is 0 Å². The minimum atomic E-state index is -4.11. The number of hydrogen-bond donors (Lipinski definition) is 1. The molecular formula is C30H35N3O6S2. The molecule has 2 aliphatic heterocycles. The van der Waals surface area contributed by atoms with Gasteiger partial charge in [0, 0.05) is 25.0 Å². The third-order valence-corrected chi connectivity index (χ3v) is 8.14. The van der Waals surface area contributed by atoms with E-state index in [9.17, 15) is 22.6 Å². The van der Waals surface area contributed by atoms with Gasteiger partial charge in [-0.2, -0.15) is 8.42 Å². The van der Waals surface area contributed by atoms with E-state index in [2.05, 4.69) is 0 Å². The van der Waals surface area contributed by atoms with Gasteiger partial charge in [-0.1, -0.05) is 69.2 Å². The number of unbranched alkanes of at least 4 members (excludes halogenated alkanes) is 2. The highest BCUT2D eigenvalue weighted by Gasteiger charge is 2.38. The Labute approximate surface area is 246 Å². The number of thiocarbonyl (C=S) groups is 1. The van der Waals surface area contributed by atoms with E-state index in [4.69, 9.17) is 17.0 Å². The van der Waals surface area contributed by atoms with Gasteiger partial charge in [0.1, 0.15) is 5.57 Å². The first-order valence-corrected chi connectivity index (χ1v) is 15.9. The van der Waals surface area contributed by atoms with Crippen LogP contribution in [0.5, 0.6) is 5.75 Å². The Bertz CT molecular complexity index is 1500. The standard InChI is InChI=1S/C30H35N3O6S2/c1-3-5-18-32-28(34)24(29(35)33(30(32)40)19-6-4-2)14-9-10-15-26-31(20-11-21-41(36,37)38)27-23-13-8-7-12-22(23)16-17-25(27)39-26/h7-10,12-17H,3-6,11,18-21H2,1-2H3,(H,36,37,38)/b10-9+,26-15-. The van der Waals surface area contributed by atoms with Crippen molar-refractivity contribution in [2.24, 2.45) is 0 Å². The largest absolute Gasteiger partial charge is 0.439 e. The molecule has 0 spiro atoms. The second-order valence-corrected chi connectivity index (χ2v) is 11.8. The van der Waals surface area contributed by atoms with E-state index in [0.717, 1.165) is 42.1 Å². The predicted octanol–water partition coefficient (Wildman–Crippen LogP) is 5.20. The molecule has 4 rings (SSSR count). The lowest BCUT2D eigenvalue weighted by molar-refractivity contribution is -0.133. The summed E-state index contributed by atoms with van der Waals surface area (Å²) in [5.41, 5.74) is 0.854. The van der Waals surface area contributed by atoms with Crippen LogP contribution in [-0.2, 0) is 19.7 Å². The Morgan fingerprint density at radius 1 is 0.854 bits per heavy atom. The molecule has 0 aliphatic carbocycles. The van der Waals surface area contributed by atoms with E-state index in [0.29, 0.717) is 24.7 Å². The van der Waals surface area contributed by atoms with E-state index >= 15 is 0 Å². The van der Waals surface area contributed by atoms with Crippen LogP contribution < -0.4 is 9.64 Å². The van der Waals surface area contributed by atoms with Crippen molar-refractivity contribution < 1.29 is 27.3 Å². The fraction of sp³-hybridized carbons (Fsp3) is 0.367. The lowest BCUT2D eigenvalue weighted by Crippen LogP contribution is -2.56. The van der Waals surface area contributed by atoms with Gasteiger partial charge in [-0.15, -0.1) is 0 Å². The maximum Gasteiger partial charge on any atom is 0.265 e. The third-order valence-electron chi connectivity index (χ3n) is 6.89. The van der Waals surface area contributed by atoms with Gasteiger partial charge in [-0.25, -0.2) is 0 Å². The number of rotatable bonds is 12. The van der Waals surface area contributed by atoms with Crippen LogP contribution in [0.15, 0.2) is 72.2 Å². The number of hydrogen-bond acceptors (Lipinski definition) is 7. The zero-order chi connectivity index (χ0) is 29.6. The number of fused-ring (bicyclic) bond motifs is 3. The summed E-state index contributed by atoms with van der Waals surface area (Å²) >= 11 is 5.51. The maximum atomic E-state index is 13.2. The Balaban J connectivity index is 1.62. The number of amides is 2. The highest BCUT2D eigenvalue weighted by Crippen LogP contribution is 2.44. The van der Waals surface area contributed by atoms with E-state index in [1.807, 2.05) is 55.1 Å². The Morgan fingerprint density at radius 2 is 1.46 bits per heavy atom. The van der Waals surface area contributed by atoms with Crippen molar-refractivity contribution in [1.29, 1.82) is 0 Å². The van der Waals surface area contributed by atoms with E-state index in [1.165, 1.54) is 15.9 Å². The first-order chi connectivity index (χ1) is 19.7. The fourth-order valence-electron chi connectivity index (χ4n) is 4.79. The van der Waals surface area contributed by atoms with E-state index < -0.39 is 21.9 Å². The summed E-state index contributed by atoms with van der Waals surface area (Å²) in [6.07, 6.45) is 10.00. The zero-order valence-electron chi connectivity index (χ0n) is 23.3. The Morgan fingerprint density at radius 3 is 2.10 bits per heavy atom. The molecule has 0 aromatic heterocycles. The molecule has 1 fully saturated rings. The summed E-state index contributed by atoms with van der Waals surface area (Å²) < 4.78 is 38.0. The maximum absolute atomic E-state index is 13.2. The summed E-state index contributed by atoms with van der Waals surface area (Å²) in [6.45, 7) is 5.25. The summed E-state index contributed by atoms with van der Waals surface area (Å²) in [4.78, 5) is 31.3. The lowest BCUT2D eigenvalue weighted by atomic mass is 10.1. The van der Waals surface area contributed by atoms with Crippen molar-refractivity contribution in [3.05, 3.63) is 72.2 Å². The van der Waals surface area contributed by atoms with Crippen LogP contribution in [0.25, 0.3) is 10.8 Å². The molecule has 9 nitrogen and oxygen atoms in total. The molecule has 2 aliphatic rings. The number of carbonyl (C=O) groups is 2. The molecular weight excluding hydrogens is 562 g/mol. The SMILES string of the molecule is CCCCN1C(=O)C(=C/C=C/C=C2\Oc3ccc4ccccc4c3N2CCCS(=O)(=O)O)C(=O)N(CCCC)C1=S. The minimum Gasteiger partial charge on any atom is -0.439 e. The molecule has 2 aromatic carbocycles. The molecule has 2 amide bonds. The van der Waals surface area contributed by atoms with Gasteiger partial charge in [0.05, 0.1) is 11.4 Å². The van der Waals surface area contributed by atoms with Crippen molar-refractivity contribution in [1.82, 2.24) is 9.80 Å². The molecule has 0 atom stereocenters. The highest BCUT2D eigenvalue weighted by molar-refractivity contribution is 7.85. The van der Waals surface area contributed by atoms with Crippen LogP contribution >= 0.6 is 12.2 Å². The first-order valence-electron chi connectivity index (χ1n) is 13.8. The Hall–Kier alpha value is -3.54. The topological polar surface area (TPSA) is 107 Å². The highest BCUT2D eigenvalue weighted by atomic mass is 32.2. The van der Waals surface area contributed by atoms with Crippen LogP contribution in [-0.4, -0.2) is 65.1 Å². The van der Waals surface area contributed by atoms with Gasteiger partial charge in [0.2, 0.25) is 5.88 Å². The van der Waals surface area contributed by atoms with Crippen LogP contribution in [0, 0.1) is 0 Å². The van der Waals surface area contributed by atoms with Crippen LogP contribution in [0.3, 0.4) is 0 Å². The molecule has 0 saturated carbocycles. The number of anilines is 1. The van der Waals surface area contributed by atoms with Crippen LogP contribution in [0.2, 0.25) is 0 Å². The molecule has 0 unspecified atom stereocenters. The molecule has 0 bridgehead atoms. The molecule has 1 N–H and O–H groups in total. The molecule has 2 aromatic rings. The van der Waals surface area contributed by atoms with Crippen molar-refractivity contribution in [3.8, 4) is 5.75 Å². The average Bonchev–Trinajstić information content (AvgIpc) is 3.29. The van der Waals surface area contributed by atoms with Crippen LogP contribution in [0.4, 0.5) is 5.69 Å². The Kier molecular flexibility index (Phi) is 9.95. The normalized spacial score (nSPS) is 16.9. The van der Waals surface area contributed by atoms with E-state index in [-0.39, 0.29) is 29.4 Å². The monoisotopic (exact) mass is 597 g/mol. The molecule has 11 heteroatoms. The lowest BCUT2D eigenvalue weighted by Gasteiger charge is -2.36. The molecule has 2 heterocycles. The fourth-order valence-corrected chi connectivity index (χ4v) is 5.63. The van der Waals surface area contributed by atoms with Gasteiger partial charge in [0.25, 0.3) is 21.9 Å². The minimum absolute atomic E-state index is 0.0482. The second kappa shape index (κ2) is 13.4. The first kappa shape index (κ1) is 30.4. The summed E-state index contributed by atoms with van der Waals surface area (Å²) in [5, 5.41) is 2.21. The van der Waals surface area contributed by atoms with Gasteiger partial charge < -0.3 is 9.64 Å². The second-order valence-electron chi connectivity index (χ2n) is 9.90.